The highest BCUT2D eigenvalue weighted by Crippen LogP contribution is 2.01. The van der Waals surface area contributed by atoms with E-state index in [1.165, 1.54) is 0 Å². The minimum atomic E-state index is -1.80. The van der Waals surface area contributed by atoms with Crippen molar-refractivity contribution in [2.75, 3.05) is 5.75 Å². The first kappa shape index (κ1) is 27.6. The normalized spacial score (nSPS) is 14.3. The summed E-state index contributed by atoms with van der Waals surface area (Å²) < 4.78 is 0. The quantitative estimate of drug-likeness (QED) is 0.110. The lowest BCUT2D eigenvalue weighted by molar-refractivity contribution is -0.143. The van der Waals surface area contributed by atoms with Crippen LogP contribution < -0.4 is 27.4 Å². The number of primary amides is 1. The van der Waals surface area contributed by atoms with Crippen LogP contribution in [0.2, 0.25) is 0 Å². The van der Waals surface area contributed by atoms with Crippen molar-refractivity contribution in [3.8, 4) is 0 Å². The SMILES string of the molecule is NC(=O)CC(NC(=O)C(CC(=O)O)NC(=O)C(N)CC(=O)O)C(=O)NC(CS)C(=O)O. The molecule has 0 aliphatic rings. The number of amides is 4. The number of aliphatic carboxylic acids is 3. The van der Waals surface area contributed by atoms with Crippen molar-refractivity contribution in [2.45, 2.75) is 43.4 Å². The monoisotopic (exact) mass is 465 g/mol. The number of nitrogens with two attached hydrogens (primary N) is 2. The van der Waals surface area contributed by atoms with Gasteiger partial charge in [0.1, 0.15) is 18.1 Å². The molecule has 0 aromatic heterocycles. The number of hydrogen-bond acceptors (Lipinski definition) is 9. The Morgan fingerprint density at radius 2 is 1.13 bits per heavy atom. The van der Waals surface area contributed by atoms with Gasteiger partial charge in [0.05, 0.1) is 25.3 Å². The summed E-state index contributed by atoms with van der Waals surface area (Å²) in [7, 11) is 0. The van der Waals surface area contributed by atoms with Crippen LogP contribution in [0.3, 0.4) is 0 Å². The number of rotatable bonds is 14. The zero-order valence-corrected chi connectivity index (χ0v) is 16.8. The van der Waals surface area contributed by atoms with Gasteiger partial charge >= 0.3 is 17.9 Å². The number of carbonyl (C=O) groups is 7. The summed E-state index contributed by atoms with van der Waals surface area (Å²) in [6.07, 6.45) is -2.56. The van der Waals surface area contributed by atoms with Gasteiger partial charge < -0.3 is 42.7 Å². The Hall–Kier alpha value is -3.40. The average Bonchev–Trinajstić information content (AvgIpc) is 2.62. The second-order valence-corrected chi connectivity index (χ2v) is 6.54. The summed E-state index contributed by atoms with van der Waals surface area (Å²) in [4.78, 5) is 80.5. The number of nitrogens with one attached hydrogen (secondary N) is 3. The number of carboxylic acids is 3. The maximum absolute atomic E-state index is 12.4. The molecule has 0 aromatic carbocycles. The minimum Gasteiger partial charge on any atom is -0.481 e. The molecule has 0 fully saturated rings. The van der Waals surface area contributed by atoms with E-state index < -0.39 is 85.0 Å². The van der Waals surface area contributed by atoms with E-state index in [2.05, 4.69) is 12.6 Å². The molecule has 0 bridgehead atoms. The van der Waals surface area contributed by atoms with Crippen LogP contribution in [0, 0.1) is 0 Å². The Labute approximate surface area is 180 Å². The molecule has 10 N–H and O–H groups in total. The first-order valence-electron chi connectivity index (χ1n) is 8.50. The van der Waals surface area contributed by atoms with E-state index in [1.54, 1.807) is 0 Å². The number of carboxylic acid groups (broad SMARTS) is 3. The van der Waals surface area contributed by atoms with Crippen LogP contribution >= 0.6 is 12.6 Å². The first-order chi connectivity index (χ1) is 14.3. The molecule has 174 valence electrons. The van der Waals surface area contributed by atoms with Crippen molar-refractivity contribution in [1.29, 1.82) is 0 Å². The molecule has 0 aliphatic heterocycles. The van der Waals surface area contributed by atoms with Crippen LogP contribution in [0.15, 0.2) is 0 Å². The lowest BCUT2D eigenvalue weighted by Crippen LogP contribution is -2.58. The molecule has 4 unspecified atom stereocenters. The first-order valence-corrected chi connectivity index (χ1v) is 9.13. The largest absolute Gasteiger partial charge is 0.481 e. The van der Waals surface area contributed by atoms with Crippen molar-refractivity contribution >= 4 is 54.2 Å². The Morgan fingerprint density at radius 1 is 0.710 bits per heavy atom. The number of thiol groups is 1. The van der Waals surface area contributed by atoms with Gasteiger partial charge in [0.15, 0.2) is 0 Å². The highest BCUT2D eigenvalue weighted by molar-refractivity contribution is 7.80. The van der Waals surface area contributed by atoms with Gasteiger partial charge in [-0.1, -0.05) is 0 Å². The van der Waals surface area contributed by atoms with E-state index in [0.717, 1.165) is 0 Å². The fraction of sp³-hybridized carbons (Fsp3) is 0.533. The van der Waals surface area contributed by atoms with Gasteiger partial charge in [-0.2, -0.15) is 12.6 Å². The van der Waals surface area contributed by atoms with Gasteiger partial charge in [-0.25, -0.2) is 4.79 Å². The molecule has 4 amide bonds. The van der Waals surface area contributed by atoms with Crippen LogP contribution in [-0.4, -0.2) is 86.8 Å². The Morgan fingerprint density at radius 3 is 1.52 bits per heavy atom. The molecule has 16 heteroatoms. The summed E-state index contributed by atoms with van der Waals surface area (Å²) in [5, 5.41) is 32.5. The van der Waals surface area contributed by atoms with Gasteiger partial charge in [-0.3, -0.25) is 28.8 Å². The van der Waals surface area contributed by atoms with Gasteiger partial charge in [0.25, 0.3) is 0 Å². The fourth-order valence-electron chi connectivity index (χ4n) is 2.08. The number of hydrogen-bond donors (Lipinski definition) is 9. The average molecular weight is 465 g/mol. The highest BCUT2D eigenvalue weighted by atomic mass is 32.1. The van der Waals surface area contributed by atoms with Crippen molar-refractivity contribution < 1.29 is 48.9 Å². The summed E-state index contributed by atoms with van der Waals surface area (Å²) in [6.45, 7) is 0. The van der Waals surface area contributed by atoms with E-state index in [9.17, 15) is 33.6 Å². The van der Waals surface area contributed by atoms with Crippen LogP contribution in [0.5, 0.6) is 0 Å². The minimum absolute atomic E-state index is 0.322. The lowest BCUT2D eigenvalue weighted by atomic mass is 10.1. The van der Waals surface area contributed by atoms with Crippen molar-refractivity contribution in [1.82, 2.24) is 16.0 Å². The van der Waals surface area contributed by atoms with Gasteiger partial charge in [0, 0.05) is 5.75 Å². The fourth-order valence-corrected chi connectivity index (χ4v) is 2.33. The van der Waals surface area contributed by atoms with Crippen LogP contribution in [-0.2, 0) is 33.6 Å². The maximum atomic E-state index is 12.4. The van der Waals surface area contributed by atoms with Crippen LogP contribution in [0.25, 0.3) is 0 Å². The highest BCUT2D eigenvalue weighted by Gasteiger charge is 2.32. The molecular weight excluding hydrogens is 442 g/mol. The van der Waals surface area contributed by atoms with Gasteiger partial charge in [0.2, 0.25) is 23.6 Å². The summed E-state index contributed by atoms with van der Waals surface area (Å²) >= 11 is 3.75. The Balaban J connectivity index is 5.47. The van der Waals surface area contributed by atoms with Crippen LogP contribution in [0.1, 0.15) is 19.3 Å². The molecule has 0 rings (SSSR count). The maximum Gasteiger partial charge on any atom is 0.327 e. The van der Waals surface area contributed by atoms with E-state index in [0.29, 0.717) is 0 Å². The van der Waals surface area contributed by atoms with E-state index in [1.807, 2.05) is 16.0 Å². The molecule has 0 saturated heterocycles. The molecule has 0 spiro atoms. The van der Waals surface area contributed by atoms with E-state index in [-0.39, 0.29) is 5.75 Å². The third kappa shape index (κ3) is 10.8. The Kier molecular flexibility index (Phi) is 11.6. The van der Waals surface area contributed by atoms with E-state index >= 15 is 0 Å². The summed E-state index contributed by atoms with van der Waals surface area (Å²) in [5.41, 5.74) is 10.4. The summed E-state index contributed by atoms with van der Waals surface area (Å²) in [6, 6.07) is -6.56. The second kappa shape index (κ2) is 13.0. The zero-order valence-electron chi connectivity index (χ0n) is 15.9. The third-order valence-electron chi connectivity index (χ3n) is 3.58. The molecule has 0 heterocycles. The predicted octanol–water partition coefficient (Wildman–Crippen LogP) is -4.39. The van der Waals surface area contributed by atoms with Crippen molar-refractivity contribution in [3.05, 3.63) is 0 Å². The van der Waals surface area contributed by atoms with E-state index in [4.69, 9.17) is 26.8 Å². The molecule has 0 aromatic rings. The van der Waals surface area contributed by atoms with Gasteiger partial charge in [-0.05, 0) is 0 Å². The lowest BCUT2D eigenvalue weighted by Gasteiger charge is -2.23. The van der Waals surface area contributed by atoms with Crippen LogP contribution in [0.4, 0.5) is 0 Å². The molecule has 4 atom stereocenters. The molecule has 0 radical (unpaired) electrons. The number of carbonyl (C=O) groups excluding carboxylic acids is 4. The molecule has 31 heavy (non-hydrogen) atoms. The smallest absolute Gasteiger partial charge is 0.327 e. The topological polar surface area (TPSA) is 268 Å². The molecule has 15 nitrogen and oxygen atoms in total. The van der Waals surface area contributed by atoms with Gasteiger partial charge in [-0.15, -0.1) is 0 Å². The standard InChI is InChI=1S/C15H23N5O10S/c16-5(1-10(22)23)12(26)18-7(3-11(24)25)14(28)19-6(2-9(17)21)13(27)20-8(4-31)15(29)30/h5-8,31H,1-4,16H2,(H2,17,21)(H,18,26)(H,19,28)(H,20,27)(H,22,23)(H,24,25)(H,29,30). The third-order valence-corrected chi connectivity index (χ3v) is 3.94. The molecule has 0 saturated carbocycles. The van der Waals surface area contributed by atoms with Crippen molar-refractivity contribution in [2.24, 2.45) is 11.5 Å². The molecular formula is C15H23N5O10S. The predicted molar refractivity (Wildman–Crippen MR) is 104 cm³/mol. The second-order valence-electron chi connectivity index (χ2n) is 6.18. The molecule has 0 aliphatic carbocycles. The van der Waals surface area contributed by atoms with Crippen molar-refractivity contribution in [3.63, 3.8) is 0 Å². The summed E-state index contributed by atoms with van der Waals surface area (Å²) in [5.74, 6) is -9.30. The Bertz CT molecular complexity index is 746. The zero-order chi connectivity index (χ0) is 24.3.